The van der Waals surface area contributed by atoms with Crippen LogP contribution in [-0.4, -0.2) is 63.9 Å². The van der Waals surface area contributed by atoms with E-state index in [9.17, 15) is 10.1 Å². The molecule has 0 spiro atoms. The van der Waals surface area contributed by atoms with Crippen molar-refractivity contribution in [2.45, 2.75) is 6.92 Å². The highest BCUT2D eigenvalue weighted by Crippen LogP contribution is 2.32. The molecule has 1 amide bonds. The Morgan fingerprint density at radius 3 is 2.49 bits per heavy atom. The van der Waals surface area contributed by atoms with Crippen LogP contribution in [0.3, 0.4) is 0 Å². The molecule has 184 valence electrons. The van der Waals surface area contributed by atoms with Crippen molar-refractivity contribution in [1.29, 1.82) is 5.26 Å². The lowest BCUT2D eigenvalue weighted by molar-refractivity contribution is -0.130. The zero-order valence-corrected chi connectivity index (χ0v) is 20.8. The molecule has 8 nitrogen and oxygen atoms in total. The number of amides is 1. The van der Waals surface area contributed by atoms with Gasteiger partial charge in [0.15, 0.2) is 0 Å². The van der Waals surface area contributed by atoms with E-state index in [1.807, 2.05) is 41.3 Å². The van der Waals surface area contributed by atoms with Crippen LogP contribution in [0, 0.1) is 11.3 Å². The molecule has 3 heterocycles. The Balaban J connectivity index is 1.49. The van der Waals surface area contributed by atoms with Gasteiger partial charge in [-0.15, -0.1) is 0 Å². The molecule has 2 aromatic carbocycles. The van der Waals surface area contributed by atoms with E-state index in [1.54, 1.807) is 25.5 Å². The van der Waals surface area contributed by atoms with Crippen molar-refractivity contribution in [2.24, 2.45) is 0 Å². The van der Waals surface area contributed by atoms with Crippen molar-refractivity contribution in [1.82, 2.24) is 24.8 Å². The Kier molecular flexibility index (Phi) is 6.52. The number of benzene rings is 2. The summed E-state index contributed by atoms with van der Waals surface area (Å²) in [5, 5.41) is 10.4. The fraction of sp³-hybridized carbons (Fsp3) is 0.207. The van der Waals surface area contributed by atoms with Gasteiger partial charge in [0.25, 0.3) is 0 Å². The number of pyridine rings is 1. The van der Waals surface area contributed by atoms with Crippen molar-refractivity contribution >= 4 is 22.5 Å². The Bertz CT molecular complexity index is 1550. The van der Waals surface area contributed by atoms with Crippen LogP contribution in [0.1, 0.15) is 18.1 Å². The number of nitriles is 1. The predicted octanol–water partition coefficient (Wildman–Crippen LogP) is 4.37. The van der Waals surface area contributed by atoms with E-state index in [0.29, 0.717) is 24.5 Å². The minimum Gasteiger partial charge on any atom is -0.480 e. The van der Waals surface area contributed by atoms with Crippen molar-refractivity contribution in [2.75, 3.05) is 33.3 Å². The van der Waals surface area contributed by atoms with Gasteiger partial charge in [-0.2, -0.15) is 5.26 Å². The highest BCUT2D eigenvalue weighted by molar-refractivity contribution is 5.95. The van der Waals surface area contributed by atoms with Gasteiger partial charge in [0.1, 0.15) is 18.0 Å². The molecule has 2 aromatic heterocycles. The summed E-state index contributed by atoms with van der Waals surface area (Å²) in [6.07, 6.45) is 3.27. The number of piperazine rings is 1. The molecule has 1 fully saturated rings. The van der Waals surface area contributed by atoms with Crippen LogP contribution in [0.4, 0.5) is 0 Å². The molecule has 1 saturated heterocycles. The van der Waals surface area contributed by atoms with Gasteiger partial charge in [-0.3, -0.25) is 4.79 Å². The molecule has 0 aliphatic carbocycles. The summed E-state index contributed by atoms with van der Waals surface area (Å²) < 4.78 is 5.18. The van der Waals surface area contributed by atoms with Crippen LogP contribution < -0.4 is 4.74 Å². The molecular formula is C29H26N6O2. The van der Waals surface area contributed by atoms with Crippen LogP contribution in [0.15, 0.2) is 67.6 Å². The van der Waals surface area contributed by atoms with Gasteiger partial charge >= 0.3 is 0 Å². The summed E-state index contributed by atoms with van der Waals surface area (Å²) in [6, 6.07) is 18.0. The Morgan fingerprint density at radius 1 is 0.973 bits per heavy atom. The van der Waals surface area contributed by atoms with E-state index in [4.69, 9.17) is 4.74 Å². The normalized spacial score (nSPS) is 13.3. The van der Waals surface area contributed by atoms with Crippen LogP contribution in [0.5, 0.6) is 5.88 Å². The SMILES string of the molecule is C=C(c1cccc(-c2ncnc3ccc(-c4cnc(OC)c(C#N)c4)cc23)c1)N1CCN(C(C)=O)CC1. The third-order valence-electron chi connectivity index (χ3n) is 6.71. The summed E-state index contributed by atoms with van der Waals surface area (Å²) in [6.45, 7) is 8.85. The molecule has 0 N–H and O–H groups in total. The summed E-state index contributed by atoms with van der Waals surface area (Å²) in [7, 11) is 1.50. The average molecular weight is 491 g/mol. The fourth-order valence-corrected chi connectivity index (χ4v) is 4.64. The second-order valence-electron chi connectivity index (χ2n) is 8.87. The second-order valence-corrected chi connectivity index (χ2v) is 8.87. The lowest BCUT2D eigenvalue weighted by Gasteiger charge is -2.36. The molecular weight excluding hydrogens is 464 g/mol. The molecule has 0 saturated carbocycles. The zero-order chi connectivity index (χ0) is 25.9. The number of hydrogen-bond acceptors (Lipinski definition) is 7. The van der Waals surface area contributed by atoms with Crippen molar-refractivity contribution in [3.63, 3.8) is 0 Å². The number of carbonyl (C=O) groups excluding carboxylic acids is 1. The molecule has 37 heavy (non-hydrogen) atoms. The van der Waals surface area contributed by atoms with E-state index in [1.165, 1.54) is 7.11 Å². The topological polar surface area (TPSA) is 95.2 Å². The summed E-state index contributed by atoms with van der Waals surface area (Å²) in [5.74, 6) is 0.410. The number of nitrogens with zero attached hydrogens (tertiary/aromatic N) is 6. The molecule has 4 aromatic rings. The van der Waals surface area contributed by atoms with Crippen LogP contribution >= 0.6 is 0 Å². The maximum absolute atomic E-state index is 11.7. The van der Waals surface area contributed by atoms with Gasteiger partial charge < -0.3 is 14.5 Å². The lowest BCUT2D eigenvalue weighted by Crippen LogP contribution is -2.47. The third kappa shape index (κ3) is 4.71. The number of methoxy groups -OCH3 is 1. The monoisotopic (exact) mass is 490 g/mol. The minimum atomic E-state index is 0.108. The third-order valence-corrected chi connectivity index (χ3v) is 6.71. The standard InChI is InChI=1S/C29H26N6O2/c1-19(34-9-11-35(12-10-34)20(2)36)21-5-4-6-23(13-21)28-26-15-22(7-8-27(26)32-18-33-28)25-14-24(16-30)29(37-3)31-17-25/h4-8,13-15,17-18H,1,9-12H2,2-3H3. The summed E-state index contributed by atoms with van der Waals surface area (Å²) >= 11 is 0. The first-order valence-corrected chi connectivity index (χ1v) is 12.0. The van der Waals surface area contributed by atoms with Gasteiger partial charge in [0.2, 0.25) is 11.8 Å². The first kappa shape index (κ1) is 23.9. The summed E-state index contributed by atoms with van der Waals surface area (Å²) in [4.78, 5) is 29.1. The second kappa shape index (κ2) is 10.1. The number of ether oxygens (including phenoxy) is 1. The molecule has 8 heteroatoms. The number of aromatic nitrogens is 3. The van der Waals surface area contributed by atoms with Crippen molar-refractivity contribution < 1.29 is 9.53 Å². The summed E-state index contributed by atoms with van der Waals surface area (Å²) in [5.41, 5.74) is 6.61. The van der Waals surface area contributed by atoms with Crippen molar-refractivity contribution in [3.8, 4) is 34.3 Å². The van der Waals surface area contributed by atoms with Crippen LogP contribution in [-0.2, 0) is 4.79 Å². The lowest BCUT2D eigenvalue weighted by atomic mass is 9.99. The molecule has 1 aliphatic heterocycles. The number of rotatable bonds is 5. The highest BCUT2D eigenvalue weighted by Gasteiger charge is 2.20. The van der Waals surface area contributed by atoms with Gasteiger partial charge in [-0.1, -0.05) is 30.8 Å². The van der Waals surface area contributed by atoms with Gasteiger partial charge in [-0.05, 0) is 35.4 Å². The Labute approximate surface area is 215 Å². The molecule has 1 aliphatic rings. The van der Waals surface area contributed by atoms with E-state index in [2.05, 4.69) is 38.6 Å². The maximum atomic E-state index is 11.7. The first-order valence-electron chi connectivity index (χ1n) is 12.0. The highest BCUT2D eigenvalue weighted by atomic mass is 16.5. The minimum absolute atomic E-state index is 0.108. The quantitative estimate of drug-likeness (QED) is 0.410. The molecule has 5 rings (SSSR count). The van der Waals surface area contributed by atoms with E-state index >= 15 is 0 Å². The van der Waals surface area contributed by atoms with Crippen molar-refractivity contribution in [3.05, 3.63) is 78.8 Å². The number of hydrogen-bond donors (Lipinski definition) is 0. The molecule has 0 radical (unpaired) electrons. The van der Waals surface area contributed by atoms with Crippen LogP contribution in [0.2, 0.25) is 0 Å². The maximum Gasteiger partial charge on any atom is 0.231 e. The van der Waals surface area contributed by atoms with Gasteiger partial charge in [-0.25, -0.2) is 15.0 Å². The number of carbonyl (C=O) groups is 1. The van der Waals surface area contributed by atoms with E-state index in [-0.39, 0.29) is 5.91 Å². The van der Waals surface area contributed by atoms with E-state index in [0.717, 1.165) is 57.6 Å². The first-order chi connectivity index (χ1) is 18.0. The Morgan fingerprint density at radius 2 is 1.76 bits per heavy atom. The van der Waals surface area contributed by atoms with Gasteiger partial charge in [0.05, 0.1) is 18.3 Å². The zero-order valence-electron chi connectivity index (χ0n) is 20.8. The van der Waals surface area contributed by atoms with Crippen LogP contribution in [0.25, 0.3) is 39.0 Å². The van der Waals surface area contributed by atoms with E-state index < -0.39 is 0 Å². The largest absolute Gasteiger partial charge is 0.480 e. The number of fused-ring (bicyclic) bond motifs is 1. The molecule has 0 atom stereocenters. The predicted molar refractivity (Wildman–Crippen MR) is 142 cm³/mol. The fourth-order valence-electron chi connectivity index (χ4n) is 4.64. The molecule has 0 bridgehead atoms. The smallest absolute Gasteiger partial charge is 0.231 e. The Hall–Kier alpha value is -4.77. The molecule has 0 unspecified atom stereocenters. The average Bonchev–Trinajstić information content (AvgIpc) is 2.95. The van der Waals surface area contributed by atoms with Gasteiger partial charge in [0, 0.05) is 61.5 Å².